The second kappa shape index (κ2) is 9.59. The summed E-state index contributed by atoms with van der Waals surface area (Å²) < 4.78 is 41.5. The van der Waals surface area contributed by atoms with Crippen LogP contribution >= 0.6 is 34.5 Å². The van der Waals surface area contributed by atoms with Gasteiger partial charge >= 0.3 is 6.36 Å². The number of rotatable bonds is 6. The van der Waals surface area contributed by atoms with Crippen LogP contribution in [0.1, 0.15) is 26.5 Å². The minimum atomic E-state index is -4.89. The highest BCUT2D eigenvalue weighted by Gasteiger charge is 2.32. The molecule has 3 aromatic rings. The Morgan fingerprint density at radius 1 is 1.19 bits per heavy atom. The van der Waals surface area contributed by atoms with Gasteiger partial charge in [-0.1, -0.05) is 41.4 Å². The van der Waals surface area contributed by atoms with E-state index in [1.165, 1.54) is 23.7 Å². The number of benzene rings is 1. The first-order valence-corrected chi connectivity index (χ1v) is 10.1. The van der Waals surface area contributed by atoms with Gasteiger partial charge in [0.1, 0.15) is 16.4 Å². The lowest BCUT2D eigenvalue weighted by atomic mass is 10.2. The number of pyridine rings is 1. The number of ether oxygens (including phenoxy) is 1. The van der Waals surface area contributed by atoms with Gasteiger partial charge in [0.2, 0.25) is 0 Å². The molecule has 0 aliphatic heterocycles. The SMILES string of the molecule is O=C(Nc1scnc1C(=O)NCc1ccccc1OC(F)(F)F)c1cc(Cl)c(O)c(Cl)n1. The smallest absolute Gasteiger partial charge is 0.504 e. The molecule has 0 saturated heterocycles. The molecule has 2 aromatic heterocycles. The summed E-state index contributed by atoms with van der Waals surface area (Å²) in [5.74, 6) is -2.48. The van der Waals surface area contributed by atoms with E-state index < -0.39 is 29.7 Å². The number of nitrogens with one attached hydrogen (secondary N) is 2. The summed E-state index contributed by atoms with van der Waals surface area (Å²) in [5, 5.41) is 13.8. The first-order chi connectivity index (χ1) is 15.0. The number of para-hydroxylation sites is 1. The molecular weight excluding hydrogens is 496 g/mol. The van der Waals surface area contributed by atoms with Crippen molar-refractivity contribution in [2.75, 3.05) is 5.32 Å². The fourth-order valence-electron chi connectivity index (χ4n) is 2.39. The van der Waals surface area contributed by atoms with Crippen molar-refractivity contribution in [1.29, 1.82) is 0 Å². The lowest BCUT2D eigenvalue weighted by Crippen LogP contribution is -2.26. The number of alkyl halides is 3. The molecule has 2 amide bonds. The Balaban J connectivity index is 1.71. The fraction of sp³-hybridized carbons (Fsp3) is 0.111. The number of amides is 2. The van der Waals surface area contributed by atoms with Crippen molar-refractivity contribution < 1.29 is 32.6 Å². The average molecular weight is 507 g/mol. The molecule has 2 heterocycles. The van der Waals surface area contributed by atoms with Gasteiger partial charge in [0.05, 0.1) is 10.5 Å². The maximum Gasteiger partial charge on any atom is 0.573 e. The third-order valence-corrected chi connectivity index (χ3v) is 5.08. The molecule has 0 saturated carbocycles. The Hall–Kier alpha value is -3.09. The quantitative estimate of drug-likeness (QED) is 0.420. The summed E-state index contributed by atoms with van der Waals surface area (Å²) in [5.41, 5.74) is 0.969. The molecule has 0 fully saturated rings. The Morgan fingerprint density at radius 3 is 2.59 bits per heavy atom. The standard InChI is InChI=1S/C18H11Cl2F3N4O4S/c19-9-5-10(26-14(20)13(9)28)15(29)27-17-12(25-7-32-17)16(30)24-6-8-3-1-2-4-11(8)31-18(21,22)23/h1-5,7,28H,6H2,(H,24,30)(H,27,29). The van der Waals surface area contributed by atoms with Gasteiger partial charge in [-0.3, -0.25) is 9.59 Å². The van der Waals surface area contributed by atoms with Crippen LogP contribution in [0.4, 0.5) is 18.2 Å². The van der Waals surface area contributed by atoms with Crippen molar-refractivity contribution in [1.82, 2.24) is 15.3 Å². The zero-order chi connectivity index (χ0) is 23.5. The third kappa shape index (κ3) is 5.78. The fourth-order valence-corrected chi connectivity index (χ4v) is 3.50. The second-order valence-corrected chi connectivity index (χ2v) is 7.57. The highest BCUT2D eigenvalue weighted by atomic mass is 35.5. The minimum Gasteiger partial charge on any atom is -0.504 e. The maximum atomic E-state index is 12.5. The molecule has 0 atom stereocenters. The van der Waals surface area contributed by atoms with E-state index in [0.29, 0.717) is 0 Å². The number of halogens is 5. The number of carbonyl (C=O) groups is 2. The summed E-state index contributed by atoms with van der Waals surface area (Å²) in [4.78, 5) is 32.5. The van der Waals surface area contributed by atoms with Crippen LogP contribution in [-0.2, 0) is 6.54 Å². The number of hydrogen-bond acceptors (Lipinski definition) is 7. The minimum absolute atomic E-state index is 0.0504. The van der Waals surface area contributed by atoms with Gasteiger partial charge in [0, 0.05) is 12.1 Å². The zero-order valence-corrected chi connectivity index (χ0v) is 17.9. The number of nitrogens with zero attached hydrogens (tertiary/aromatic N) is 2. The number of hydrogen-bond donors (Lipinski definition) is 3. The van der Waals surface area contributed by atoms with Crippen LogP contribution in [0.15, 0.2) is 35.8 Å². The van der Waals surface area contributed by atoms with Crippen molar-refractivity contribution >= 4 is 51.4 Å². The molecule has 3 rings (SSSR count). The average Bonchev–Trinajstić information content (AvgIpc) is 3.17. The molecule has 32 heavy (non-hydrogen) atoms. The molecule has 0 spiro atoms. The molecule has 0 radical (unpaired) electrons. The van der Waals surface area contributed by atoms with Crippen molar-refractivity contribution in [3.8, 4) is 11.5 Å². The summed E-state index contributed by atoms with van der Waals surface area (Å²) in [7, 11) is 0. The highest BCUT2D eigenvalue weighted by Crippen LogP contribution is 2.31. The van der Waals surface area contributed by atoms with Crippen LogP contribution < -0.4 is 15.4 Å². The Kier molecular flexibility index (Phi) is 7.06. The summed E-state index contributed by atoms with van der Waals surface area (Å²) in [6.07, 6.45) is -4.89. The van der Waals surface area contributed by atoms with E-state index in [1.807, 2.05) is 0 Å². The van der Waals surface area contributed by atoms with Crippen molar-refractivity contribution in [3.05, 3.63) is 63.0 Å². The summed E-state index contributed by atoms with van der Waals surface area (Å²) >= 11 is 12.4. The normalized spacial score (nSPS) is 11.2. The predicted octanol–water partition coefficient (Wildman–Crippen LogP) is 4.63. The van der Waals surface area contributed by atoms with Crippen molar-refractivity contribution in [3.63, 3.8) is 0 Å². The Labute approximate surface area is 192 Å². The van der Waals surface area contributed by atoms with Crippen LogP contribution in [0.5, 0.6) is 11.5 Å². The van der Waals surface area contributed by atoms with Gasteiger partial charge in [-0.2, -0.15) is 0 Å². The second-order valence-electron chi connectivity index (χ2n) is 5.95. The largest absolute Gasteiger partial charge is 0.573 e. The van der Waals surface area contributed by atoms with Crippen LogP contribution in [-0.4, -0.2) is 33.3 Å². The first-order valence-electron chi connectivity index (χ1n) is 8.47. The van der Waals surface area contributed by atoms with Gasteiger partial charge in [-0.15, -0.1) is 24.5 Å². The van der Waals surface area contributed by atoms with E-state index in [1.54, 1.807) is 0 Å². The monoisotopic (exact) mass is 506 g/mol. The molecule has 8 nitrogen and oxygen atoms in total. The number of aromatic hydroxyl groups is 1. The number of anilines is 1. The van der Waals surface area contributed by atoms with Crippen molar-refractivity contribution in [2.45, 2.75) is 12.9 Å². The lowest BCUT2D eigenvalue weighted by molar-refractivity contribution is -0.274. The molecule has 168 valence electrons. The van der Waals surface area contributed by atoms with E-state index in [0.717, 1.165) is 23.5 Å². The van der Waals surface area contributed by atoms with Crippen LogP contribution in [0.3, 0.4) is 0 Å². The molecular formula is C18H11Cl2F3N4O4S. The van der Waals surface area contributed by atoms with E-state index in [2.05, 4.69) is 25.3 Å². The van der Waals surface area contributed by atoms with E-state index in [-0.39, 0.29) is 38.7 Å². The summed E-state index contributed by atoms with van der Waals surface area (Å²) in [6.45, 7) is -0.291. The van der Waals surface area contributed by atoms with Gasteiger partial charge in [0.15, 0.2) is 16.6 Å². The molecule has 14 heteroatoms. The first kappa shape index (κ1) is 23.6. The third-order valence-electron chi connectivity index (χ3n) is 3.78. The molecule has 1 aromatic carbocycles. The molecule has 3 N–H and O–H groups in total. The molecule has 0 unspecified atom stereocenters. The Morgan fingerprint density at radius 2 is 1.91 bits per heavy atom. The van der Waals surface area contributed by atoms with Crippen LogP contribution in [0, 0.1) is 0 Å². The molecule has 0 bridgehead atoms. The van der Waals surface area contributed by atoms with Gasteiger partial charge < -0.3 is 20.5 Å². The van der Waals surface area contributed by atoms with E-state index in [9.17, 15) is 27.9 Å². The molecule has 0 aliphatic carbocycles. The number of carbonyl (C=O) groups excluding carboxylic acids is 2. The van der Waals surface area contributed by atoms with Gasteiger partial charge in [0.25, 0.3) is 11.8 Å². The van der Waals surface area contributed by atoms with Crippen LogP contribution in [0.25, 0.3) is 0 Å². The zero-order valence-electron chi connectivity index (χ0n) is 15.5. The predicted molar refractivity (Wildman–Crippen MR) is 110 cm³/mol. The topological polar surface area (TPSA) is 113 Å². The van der Waals surface area contributed by atoms with Crippen LogP contribution in [0.2, 0.25) is 10.2 Å². The summed E-state index contributed by atoms with van der Waals surface area (Å²) in [6, 6.07) is 6.40. The van der Waals surface area contributed by atoms with Gasteiger partial charge in [-0.25, -0.2) is 9.97 Å². The van der Waals surface area contributed by atoms with Crippen molar-refractivity contribution in [2.24, 2.45) is 0 Å². The molecule has 0 aliphatic rings. The number of thiazole rings is 1. The van der Waals surface area contributed by atoms with E-state index >= 15 is 0 Å². The maximum absolute atomic E-state index is 12.5. The lowest BCUT2D eigenvalue weighted by Gasteiger charge is -2.13. The van der Waals surface area contributed by atoms with E-state index in [4.69, 9.17) is 23.2 Å². The van der Waals surface area contributed by atoms with Gasteiger partial charge in [-0.05, 0) is 12.1 Å². The number of aromatic nitrogens is 2. The Bertz CT molecular complexity index is 1150. The highest BCUT2D eigenvalue weighted by molar-refractivity contribution is 7.14.